The molecule has 1 aromatic carbocycles. The normalized spacial score (nSPS) is 22.9. The van der Waals surface area contributed by atoms with E-state index in [0.717, 1.165) is 24.3 Å². The van der Waals surface area contributed by atoms with Gasteiger partial charge in [0.25, 0.3) is 5.91 Å². The molecule has 5 rings (SSSR count). The molecule has 1 spiro atoms. The quantitative estimate of drug-likeness (QED) is 0.667. The first-order chi connectivity index (χ1) is 16.0. The lowest BCUT2D eigenvalue weighted by atomic mass is 9.72. The number of nitrogens with one attached hydrogen (secondary N) is 1. The molecule has 9 heteroatoms. The molecule has 0 radical (unpaired) electrons. The number of hydrogen-bond donors (Lipinski definition) is 1. The van der Waals surface area contributed by atoms with Crippen LogP contribution in [-0.2, 0) is 20.9 Å². The number of nitrogens with zero attached hydrogens (tertiary/aromatic N) is 3. The smallest absolute Gasteiger partial charge is 0.410 e. The summed E-state index contributed by atoms with van der Waals surface area (Å²) >= 11 is 0. The van der Waals surface area contributed by atoms with Gasteiger partial charge in [0.05, 0.1) is 0 Å². The third-order valence-electron chi connectivity index (χ3n) is 6.63. The molecule has 1 N–H and O–H groups in total. The van der Waals surface area contributed by atoms with Crippen molar-refractivity contribution < 1.29 is 23.9 Å². The van der Waals surface area contributed by atoms with Crippen LogP contribution in [0, 0.1) is 5.41 Å². The van der Waals surface area contributed by atoms with Crippen molar-refractivity contribution in [3.05, 3.63) is 29.3 Å². The Hall–Kier alpha value is -3.10. The first kappa shape index (κ1) is 24.0. The van der Waals surface area contributed by atoms with Gasteiger partial charge in [-0.1, -0.05) is 19.9 Å². The predicted octanol–water partition coefficient (Wildman–Crippen LogP) is 2.53. The zero-order chi connectivity index (χ0) is 24.8. The van der Waals surface area contributed by atoms with Crippen molar-refractivity contribution in [1.29, 1.82) is 0 Å². The van der Waals surface area contributed by atoms with Crippen LogP contribution < -0.4 is 10.2 Å². The SMILES string of the molecule is CC.CC(C)(C)OC(=O)N1CC2(C1)CN(c1ccc3c(c1)C(=O)N(C1CCC(=O)NC1=O)C3)C2. The van der Waals surface area contributed by atoms with E-state index in [1.807, 2.05) is 52.8 Å². The molecule has 4 amide bonds. The molecule has 4 heterocycles. The van der Waals surface area contributed by atoms with Gasteiger partial charge in [-0.25, -0.2) is 4.79 Å². The molecule has 0 bridgehead atoms. The molecule has 1 aromatic rings. The topological polar surface area (TPSA) is 99.3 Å². The van der Waals surface area contributed by atoms with Gasteiger partial charge in [-0.3, -0.25) is 19.7 Å². The Morgan fingerprint density at radius 2 is 1.76 bits per heavy atom. The lowest BCUT2D eigenvalue weighted by Gasteiger charge is -2.60. The van der Waals surface area contributed by atoms with Crippen LogP contribution in [0.25, 0.3) is 0 Å². The van der Waals surface area contributed by atoms with Crippen molar-refractivity contribution in [2.24, 2.45) is 5.41 Å². The van der Waals surface area contributed by atoms with Crippen LogP contribution in [0.4, 0.5) is 10.5 Å². The number of fused-ring (bicyclic) bond motifs is 1. The Morgan fingerprint density at radius 3 is 2.38 bits per heavy atom. The lowest BCUT2D eigenvalue weighted by molar-refractivity contribution is -0.136. The fraction of sp³-hybridized carbons (Fsp3) is 0.600. The van der Waals surface area contributed by atoms with Gasteiger partial charge in [-0.2, -0.15) is 0 Å². The van der Waals surface area contributed by atoms with Gasteiger partial charge in [-0.05, 0) is 44.9 Å². The van der Waals surface area contributed by atoms with E-state index in [0.29, 0.717) is 31.6 Å². The average Bonchev–Trinajstić information content (AvgIpc) is 3.02. The van der Waals surface area contributed by atoms with Crippen molar-refractivity contribution in [2.45, 2.75) is 65.6 Å². The highest BCUT2D eigenvalue weighted by atomic mass is 16.6. The van der Waals surface area contributed by atoms with Crippen LogP contribution >= 0.6 is 0 Å². The van der Waals surface area contributed by atoms with Gasteiger partial charge >= 0.3 is 6.09 Å². The van der Waals surface area contributed by atoms with E-state index in [4.69, 9.17) is 4.74 Å². The molecular formula is C25H34N4O5. The molecule has 0 aliphatic carbocycles. The van der Waals surface area contributed by atoms with Gasteiger partial charge in [0.15, 0.2) is 0 Å². The first-order valence-electron chi connectivity index (χ1n) is 12.0. The Labute approximate surface area is 200 Å². The van der Waals surface area contributed by atoms with Crippen LogP contribution in [0.15, 0.2) is 18.2 Å². The standard InChI is InChI=1S/C23H28N4O5.C2H6/c1-22(2,3)32-21(31)26-12-23(13-26)10-25(11-23)15-5-4-14-9-27(20(30)16(14)8-15)17-6-7-18(28)24-19(17)29;1-2/h4-5,8,17H,6-7,9-13H2,1-3H3,(H,24,28,29);1-2H3. The van der Waals surface area contributed by atoms with Gasteiger partial charge in [0.2, 0.25) is 11.8 Å². The number of ether oxygens (including phenoxy) is 1. The fourth-order valence-electron chi connectivity index (χ4n) is 5.10. The maximum atomic E-state index is 13.0. The van der Waals surface area contributed by atoms with E-state index in [1.54, 1.807) is 9.80 Å². The average molecular weight is 471 g/mol. The van der Waals surface area contributed by atoms with E-state index in [-0.39, 0.29) is 29.7 Å². The van der Waals surface area contributed by atoms with Crippen LogP contribution in [0.3, 0.4) is 0 Å². The molecular weight excluding hydrogens is 436 g/mol. The second-order valence-electron chi connectivity index (χ2n) is 10.4. The number of amides is 4. The minimum absolute atomic E-state index is 0.0959. The van der Waals surface area contributed by atoms with Crippen molar-refractivity contribution in [1.82, 2.24) is 15.1 Å². The van der Waals surface area contributed by atoms with Crippen LogP contribution in [0.1, 0.15) is 63.4 Å². The molecule has 3 fully saturated rings. The highest BCUT2D eigenvalue weighted by Crippen LogP contribution is 2.43. The number of hydrogen-bond acceptors (Lipinski definition) is 6. The maximum Gasteiger partial charge on any atom is 0.410 e. The van der Waals surface area contributed by atoms with Gasteiger partial charge in [0, 0.05) is 55.8 Å². The first-order valence-corrected chi connectivity index (χ1v) is 12.0. The third-order valence-corrected chi connectivity index (χ3v) is 6.63. The number of anilines is 1. The third kappa shape index (κ3) is 4.35. The Kier molecular flexibility index (Phi) is 6.08. The molecule has 1 atom stereocenters. The summed E-state index contributed by atoms with van der Waals surface area (Å²) in [5.41, 5.74) is 2.10. The highest BCUT2D eigenvalue weighted by molar-refractivity contribution is 6.05. The molecule has 3 saturated heterocycles. The van der Waals surface area contributed by atoms with Gasteiger partial charge < -0.3 is 19.4 Å². The van der Waals surface area contributed by atoms with E-state index in [9.17, 15) is 19.2 Å². The number of carbonyl (C=O) groups is 4. The molecule has 4 aliphatic heterocycles. The zero-order valence-corrected chi connectivity index (χ0v) is 20.6. The molecule has 9 nitrogen and oxygen atoms in total. The molecule has 0 saturated carbocycles. The molecule has 4 aliphatic rings. The molecule has 0 aromatic heterocycles. The monoisotopic (exact) mass is 470 g/mol. The van der Waals surface area contributed by atoms with E-state index >= 15 is 0 Å². The van der Waals surface area contributed by atoms with E-state index in [1.165, 1.54) is 0 Å². The maximum absolute atomic E-state index is 13.0. The Morgan fingerprint density at radius 1 is 1.09 bits per heavy atom. The van der Waals surface area contributed by atoms with Crippen LogP contribution in [0.5, 0.6) is 0 Å². The lowest BCUT2D eigenvalue weighted by Crippen LogP contribution is -2.73. The van der Waals surface area contributed by atoms with Crippen molar-refractivity contribution >= 4 is 29.5 Å². The van der Waals surface area contributed by atoms with Crippen molar-refractivity contribution in [3.8, 4) is 0 Å². The fourth-order valence-corrected chi connectivity index (χ4v) is 5.10. The summed E-state index contributed by atoms with van der Waals surface area (Å²) in [4.78, 5) is 54.4. The highest BCUT2D eigenvalue weighted by Gasteiger charge is 2.54. The minimum atomic E-state index is -0.600. The summed E-state index contributed by atoms with van der Waals surface area (Å²) < 4.78 is 5.43. The minimum Gasteiger partial charge on any atom is -0.444 e. The Balaban J connectivity index is 0.00000133. The number of benzene rings is 1. The second kappa shape index (κ2) is 8.60. The van der Waals surface area contributed by atoms with E-state index < -0.39 is 17.6 Å². The van der Waals surface area contributed by atoms with Crippen molar-refractivity contribution in [3.63, 3.8) is 0 Å². The van der Waals surface area contributed by atoms with Gasteiger partial charge in [0.1, 0.15) is 11.6 Å². The number of carbonyl (C=O) groups excluding carboxylic acids is 4. The van der Waals surface area contributed by atoms with Crippen molar-refractivity contribution in [2.75, 3.05) is 31.1 Å². The Bertz CT molecular complexity index is 1020. The molecule has 34 heavy (non-hydrogen) atoms. The zero-order valence-electron chi connectivity index (χ0n) is 20.6. The molecule has 1 unspecified atom stereocenters. The van der Waals surface area contributed by atoms with Crippen LogP contribution in [-0.4, -0.2) is 71.4 Å². The summed E-state index contributed by atoms with van der Waals surface area (Å²) in [7, 11) is 0. The summed E-state index contributed by atoms with van der Waals surface area (Å²) in [6.07, 6.45) is 0.344. The van der Waals surface area contributed by atoms with Crippen LogP contribution in [0.2, 0.25) is 0 Å². The summed E-state index contributed by atoms with van der Waals surface area (Å²) in [5.74, 6) is -0.844. The predicted molar refractivity (Wildman–Crippen MR) is 126 cm³/mol. The summed E-state index contributed by atoms with van der Waals surface area (Å²) in [6.45, 7) is 13.0. The number of piperidine rings is 1. The number of rotatable bonds is 2. The second-order valence-corrected chi connectivity index (χ2v) is 10.4. The van der Waals surface area contributed by atoms with E-state index in [2.05, 4.69) is 10.2 Å². The summed E-state index contributed by atoms with van der Waals surface area (Å²) in [6, 6.07) is 5.27. The van der Waals surface area contributed by atoms with Gasteiger partial charge in [-0.15, -0.1) is 0 Å². The largest absolute Gasteiger partial charge is 0.444 e. The number of likely N-dealkylation sites (tertiary alicyclic amines) is 1. The summed E-state index contributed by atoms with van der Waals surface area (Å²) in [5, 5.41) is 2.33. The molecule has 184 valence electrons. The number of imide groups is 1.